The minimum absolute atomic E-state index is 0.159. The van der Waals surface area contributed by atoms with Gasteiger partial charge in [-0.05, 0) is 37.1 Å². The van der Waals surface area contributed by atoms with E-state index in [1.807, 2.05) is 12.1 Å². The lowest BCUT2D eigenvalue weighted by Crippen LogP contribution is -2.39. The number of carbonyl (C=O) groups excluding carboxylic acids is 1. The maximum atomic E-state index is 11.2. The third kappa shape index (κ3) is 4.39. The van der Waals surface area contributed by atoms with E-state index in [0.29, 0.717) is 23.0 Å². The number of rotatable bonds is 4. The van der Waals surface area contributed by atoms with Crippen molar-refractivity contribution in [1.82, 2.24) is 5.32 Å². The molecule has 0 saturated carbocycles. The summed E-state index contributed by atoms with van der Waals surface area (Å²) in [5, 5.41) is 3.92. The first kappa shape index (κ1) is 13.3. The fraction of sp³-hybridized carbons (Fsp3) is 0.364. The van der Waals surface area contributed by atoms with Gasteiger partial charge < -0.3 is 11.1 Å². The van der Waals surface area contributed by atoms with Gasteiger partial charge in [-0.25, -0.2) is 0 Å². The zero-order valence-corrected chi connectivity index (χ0v) is 10.5. The van der Waals surface area contributed by atoms with E-state index in [1.165, 1.54) is 0 Å². The van der Waals surface area contributed by atoms with Crippen molar-refractivity contribution in [2.75, 3.05) is 6.54 Å². The van der Waals surface area contributed by atoms with Gasteiger partial charge in [-0.1, -0.05) is 23.2 Å². The van der Waals surface area contributed by atoms with Crippen LogP contribution in [0.3, 0.4) is 0 Å². The Bertz CT molecular complexity index is 360. The molecule has 0 radical (unpaired) electrons. The van der Waals surface area contributed by atoms with E-state index in [1.54, 1.807) is 13.0 Å². The molecule has 1 atom stereocenters. The van der Waals surface area contributed by atoms with E-state index in [4.69, 9.17) is 28.9 Å². The second-order valence-electron chi connectivity index (χ2n) is 3.61. The van der Waals surface area contributed by atoms with Gasteiger partial charge >= 0.3 is 0 Å². The molecule has 3 nitrogen and oxygen atoms in total. The van der Waals surface area contributed by atoms with Gasteiger partial charge in [0.2, 0.25) is 5.91 Å². The van der Waals surface area contributed by atoms with Gasteiger partial charge in [-0.2, -0.15) is 0 Å². The second kappa shape index (κ2) is 6.09. The Morgan fingerprint density at radius 1 is 1.38 bits per heavy atom. The first-order valence-corrected chi connectivity index (χ1v) is 5.73. The summed E-state index contributed by atoms with van der Waals surface area (Å²) in [6, 6.07) is 4.84. The molecule has 1 amide bonds. The molecule has 1 aromatic carbocycles. The van der Waals surface area contributed by atoms with Crippen LogP contribution in [0.2, 0.25) is 10.0 Å². The number of nitrogens with one attached hydrogen (secondary N) is 1. The molecule has 0 saturated heterocycles. The van der Waals surface area contributed by atoms with Crippen LogP contribution in [0.15, 0.2) is 18.2 Å². The van der Waals surface area contributed by atoms with Crippen LogP contribution in [-0.2, 0) is 11.2 Å². The van der Waals surface area contributed by atoms with Gasteiger partial charge in [0.05, 0.1) is 6.04 Å². The largest absolute Gasteiger partial charge is 0.354 e. The fourth-order valence-electron chi connectivity index (χ4n) is 1.25. The first-order valence-electron chi connectivity index (χ1n) is 4.97. The Kier molecular flexibility index (Phi) is 5.06. The third-order valence-electron chi connectivity index (χ3n) is 2.05. The number of amides is 1. The van der Waals surface area contributed by atoms with Gasteiger partial charge in [0.15, 0.2) is 0 Å². The van der Waals surface area contributed by atoms with Crippen LogP contribution < -0.4 is 11.1 Å². The summed E-state index contributed by atoms with van der Waals surface area (Å²) in [7, 11) is 0. The minimum Gasteiger partial charge on any atom is -0.354 e. The average Bonchev–Trinajstić information content (AvgIpc) is 2.15. The highest BCUT2D eigenvalue weighted by molar-refractivity contribution is 6.34. The topological polar surface area (TPSA) is 55.1 Å². The van der Waals surface area contributed by atoms with Crippen LogP contribution in [0.5, 0.6) is 0 Å². The van der Waals surface area contributed by atoms with Crippen LogP contribution in [0.4, 0.5) is 0 Å². The number of carbonyl (C=O) groups is 1. The van der Waals surface area contributed by atoms with Gasteiger partial charge in [-0.15, -0.1) is 0 Å². The summed E-state index contributed by atoms with van der Waals surface area (Å²) in [5.74, 6) is -0.159. The van der Waals surface area contributed by atoms with E-state index in [0.717, 1.165) is 5.56 Å². The lowest BCUT2D eigenvalue weighted by atomic mass is 10.1. The van der Waals surface area contributed by atoms with Crippen LogP contribution in [0, 0.1) is 0 Å². The molecule has 0 bridgehead atoms. The van der Waals surface area contributed by atoms with Crippen molar-refractivity contribution >= 4 is 29.1 Å². The van der Waals surface area contributed by atoms with Gasteiger partial charge in [0.1, 0.15) is 0 Å². The zero-order valence-electron chi connectivity index (χ0n) is 8.97. The molecule has 0 aliphatic carbocycles. The SMILES string of the molecule is CC(N)C(=O)NCCc1cc(Cl)cc(Cl)c1. The molecule has 88 valence electrons. The number of hydrogen-bond acceptors (Lipinski definition) is 2. The molecule has 0 heterocycles. The molecule has 0 aromatic heterocycles. The standard InChI is InChI=1S/C11H14Cl2N2O/c1-7(14)11(16)15-3-2-8-4-9(12)6-10(13)5-8/h4-7H,2-3,14H2,1H3,(H,15,16). The molecule has 0 aliphatic rings. The minimum atomic E-state index is -0.483. The van der Waals surface area contributed by atoms with Crippen LogP contribution in [-0.4, -0.2) is 18.5 Å². The molecule has 1 aromatic rings. The summed E-state index contributed by atoms with van der Waals surface area (Å²) >= 11 is 11.7. The highest BCUT2D eigenvalue weighted by Crippen LogP contribution is 2.19. The molecule has 0 spiro atoms. The Balaban J connectivity index is 2.46. The molecule has 0 aliphatic heterocycles. The Hall–Kier alpha value is -0.770. The molecule has 5 heteroatoms. The Labute approximate surface area is 105 Å². The van der Waals surface area contributed by atoms with Crippen molar-refractivity contribution in [3.05, 3.63) is 33.8 Å². The predicted octanol–water partition coefficient (Wildman–Crippen LogP) is 2.00. The molecular weight excluding hydrogens is 247 g/mol. The van der Waals surface area contributed by atoms with Crippen molar-refractivity contribution in [3.8, 4) is 0 Å². The third-order valence-corrected chi connectivity index (χ3v) is 2.49. The molecule has 3 N–H and O–H groups in total. The first-order chi connectivity index (χ1) is 7.49. The predicted molar refractivity (Wildman–Crippen MR) is 66.8 cm³/mol. The van der Waals surface area contributed by atoms with Crippen molar-refractivity contribution in [3.63, 3.8) is 0 Å². The van der Waals surface area contributed by atoms with E-state index in [-0.39, 0.29) is 5.91 Å². The van der Waals surface area contributed by atoms with E-state index >= 15 is 0 Å². The second-order valence-corrected chi connectivity index (χ2v) is 4.48. The van der Waals surface area contributed by atoms with Crippen molar-refractivity contribution in [2.45, 2.75) is 19.4 Å². The van der Waals surface area contributed by atoms with Gasteiger partial charge in [0.25, 0.3) is 0 Å². The quantitative estimate of drug-likeness (QED) is 0.870. The van der Waals surface area contributed by atoms with Crippen LogP contribution >= 0.6 is 23.2 Å². The van der Waals surface area contributed by atoms with Crippen LogP contribution in [0.1, 0.15) is 12.5 Å². The van der Waals surface area contributed by atoms with Gasteiger partial charge in [0, 0.05) is 16.6 Å². The smallest absolute Gasteiger partial charge is 0.236 e. The summed E-state index contributed by atoms with van der Waals surface area (Å²) < 4.78 is 0. The lowest BCUT2D eigenvalue weighted by molar-refractivity contribution is -0.121. The monoisotopic (exact) mass is 260 g/mol. The normalized spacial score (nSPS) is 12.2. The fourth-order valence-corrected chi connectivity index (χ4v) is 1.82. The number of halogens is 2. The van der Waals surface area contributed by atoms with E-state index in [9.17, 15) is 4.79 Å². The number of hydrogen-bond donors (Lipinski definition) is 2. The molecule has 16 heavy (non-hydrogen) atoms. The number of benzene rings is 1. The van der Waals surface area contributed by atoms with Crippen LogP contribution in [0.25, 0.3) is 0 Å². The maximum Gasteiger partial charge on any atom is 0.236 e. The highest BCUT2D eigenvalue weighted by atomic mass is 35.5. The van der Waals surface area contributed by atoms with Crippen molar-refractivity contribution < 1.29 is 4.79 Å². The zero-order chi connectivity index (χ0) is 12.1. The van der Waals surface area contributed by atoms with Gasteiger partial charge in [-0.3, -0.25) is 4.79 Å². The number of nitrogens with two attached hydrogens (primary N) is 1. The molecular formula is C11H14Cl2N2O. The van der Waals surface area contributed by atoms with E-state index < -0.39 is 6.04 Å². The average molecular weight is 261 g/mol. The summed E-state index contributed by atoms with van der Waals surface area (Å²) in [5.41, 5.74) is 6.40. The molecule has 1 unspecified atom stereocenters. The Morgan fingerprint density at radius 2 is 1.94 bits per heavy atom. The summed E-state index contributed by atoms with van der Waals surface area (Å²) in [4.78, 5) is 11.2. The van der Waals surface area contributed by atoms with E-state index in [2.05, 4.69) is 5.32 Å². The summed E-state index contributed by atoms with van der Waals surface area (Å²) in [6.45, 7) is 2.17. The van der Waals surface area contributed by atoms with Crippen molar-refractivity contribution in [1.29, 1.82) is 0 Å². The summed E-state index contributed by atoms with van der Waals surface area (Å²) in [6.07, 6.45) is 0.679. The highest BCUT2D eigenvalue weighted by Gasteiger charge is 2.05. The lowest BCUT2D eigenvalue weighted by Gasteiger charge is -2.08. The van der Waals surface area contributed by atoms with Crippen molar-refractivity contribution in [2.24, 2.45) is 5.73 Å². The Morgan fingerprint density at radius 3 is 2.44 bits per heavy atom. The maximum absolute atomic E-state index is 11.2. The molecule has 0 fully saturated rings. The molecule has 1 rings (SSSR count).